The Morgan fingerprint density at radius 3 is 1.75 bits per heavy atom. The van der Waals surface area contributed by atoms with Crippen LogP contribution in [0.3, 0.4) is 0 Å². The van der Waals surface area contributed by atoms with Crippen molar-refractivity contribution in [3.63, 3.8) is 0 Å². The number of rotatable bonds is 2. The van der Waals surface area contributed by atoms with Gasteiger partial charge in [0.2, 0.25) is 0 Å². The second-order valence-electron chi connectivity index (χ2n) is 8.26. The van der Waals surface area contributed by atoms with Crippen LogP contribution in [0.25, 0.3) is 0 Å². The summed E-state index contributed by atoms with van der Waals surface area (Å²) in [7, 11) is -5.87. The number of hydrogen-bond donors (Lipinski definition) is 4. The first kappa shape index (κ1) is 27.3. The lowest BCUT2D eigenvalue weighted by Crippen LogP contribution is -2.29. The van der Waals surface area contributed by atoms with Crippen molar-refractivity contribution in [2.24, 2.45) is 16.5 Å². The number of ether oxygens (including phenoxy) is 1. The molecule has 4 rings (SSSR count). The van der Waals surface area contributed by atoms with Gasteiger partial charge in [-0.1, -0.05) is 12.1 Å². The van der Waals surface area contributed by atoms with Gasteiger partial charge in [-0.2, -0.15) is 4.99 Å². The summed E-state index contributed by atoms with van der Waals surface area (Å²) < 4.78 is 52.1. The highest BCUT2D eigenvalue weighted by molar-refractivity contribution is 7.91. The van der Waals surface area contributed by atoms with Gasteiger partial charge >= 0.3 is 5.97 Å². The van der Waals surface area contributed by atoms with Crippen LogP contribution < -0.4 is 11.5 Å². The Kier molecular flexibility index (Phi) is 7.83. The number of aliphatic hydroxyl groups excluding tert-OH is 2. The largest absolute Gasteiger partial charge is 0.465 e. The Morgan fingerprint density at radius 1 is 0.861 bits per heavy atom. The van der Waals surface area contributed by atoms with E-state index in [0.29, 0.717) is 11.1 Å². The van der Waals surface area contributed by atoms with Crippen molar-refractivity contribution in [3.8, 4) is 0 Å². The van der Waals surface area contributed by atoms with Crippen molar-refractivity contribution in [2.75, 3.05) is 18.6 Å². The average molecular weight is 540 g/mol. The summed E-state index contributed by atoms with van der Waals surface area (Å²) in [5.41, 5.74) is 11.5. The minimum Gasteiger partial charge on any atom is -0.465 e. The van der Waals surface area contributed by atoms with Crippen LogP contribution in [0.1, 0.15) is 31.8 Å². The molecule has 0 aromatic heterocycles. The molecule has 1 amide bonds. The van der Waals surface area contributed by atoms with Gasteiger partial charge < -0.3 is 26.4 Å². The van der Waals surface area contributed by atoms with E-state index in [1.807, 2.05) is 0 Å². The third-order valence-electron chi connectivity index (χ3n) is 5.44. The lowest BCUT2D eigenvalue weighted by atomic mass is 10.1. The molecule has 0 fully saturated rings. The van der Waals surface area contributed by atoms with Crippen LogP contribution in [0.4, 0.5) is 0 Å². The smallest absolute Gasteiger partial charge is 0.337 e. The number of fused-ring (bicyclic) bond motifs is 2. The molecular formula is C22H25N3O9S2. The molecule has 0 bridgehead atoms. The molecule has 2 aromatic rings. The van der Waals surface area contributed by atoms with Gasteiger partial charge in [-0.25, -0.2) is 21.6 Å². The summed E-state index contributed by atoms with van der Waals surface area (Å²) in [6, 6.07) is 8.51. The molecule has 2 unspecified atom stereocenters. The normalized spacial score (nSPS) is 21.0. The van der Waals surface area contributed by atoms with Gasteiger partial charge in [0.05, 0.1) is 46.2 Å². The van der Waals surface area contributed by atoms with Crippen molar-refractivity contribution in [3.05, 3.63) is 58.7 Å². The molecule has 0 spiro atoms. The third kappa shape index (κ3) is 6.07. The molecule has 2 heterocycles. The molecule has 14 heteroatoms. The maximum Gasteiger partial charge on any atom is 0.337 e. The fraction of sp³-hybridized carbons (Fsp3) is 0.318. The van der Waals surface area contributed by atoms with Gasteiger partial charge in [0, 0.05) is 18.4 Å². The minimum atomic E-state index is -3.59. The number of aliphatic imine (C=N–C) groups is 1. The van der Waals surface area contributed by atoms with E-state index in [2.05, 4.69) is 9.73 Å². The van der Waals surface area contributed by atoms with E-state index >= 15 is 0 Å². The number of hydrogen-bond acceptors (Lipinski definition) is 9. The lowest BCUT2D eigenvalue weighted by Gasteiger charge is -2.21. The molecule has 0 saturated heterocycles. The number of carbonyl (C=O) groups is 2. The molecule has 2 aliphatic rings. The van der Waals surface area contributed by atoms with Crippen LogP contribution in [0.5, 0.6) is 0 Å². The standard InChI is InChI=1S/C11H13N3O4S.C11H12O5S/c12-11(13)14-10(16)7-2-1-6-3-8(15)5-19(17,18)9(6)4-7;1-16-11(13)8-3-2-7-4-9(12)6-17(14,15)10(7)5-8/h1-2,4,8,15H,3,5H2,(H4,12,13,14,16);2-3,5,9,12H,4,6H2,1H3. The van der Waals surface area contributed by atoms with E-state index in [1.165, 1.54) is 37.4 Å². The lowest BCUT2D eigenvalue weighted by molar-refractivity contribution is 0.0600. The van der Waals surface area contributed by atoms with Crippen LogP contribution in [0.15, 0.2) is 51.2 Å². The summed E-state index contributed by atoms with van der Waals surface area (Å²) in [6.45, 7) is 0. The quantitative estimate of drug-likeness (QED) is 0.205. The Morgan fingerprint density at radius 2 is 1.31 bits per heavy atom. The number of carbonyl (C=O) groups excluding carboxylic acids is 2. The predicted octanol–water partition coefficient (Wildman–Crippen LogP) is -1.05. The fourth-order valence-electron chi connectivity index (χ4n) is 3.90. The zero-order chi connectivity index (χ0) is 26.8. The molecule has 2 atom stereocenters. The molecule has 36 heavy (non-hydrogen) atoms. The van der Waals surface area contributed by atoms with E-state index in [0.717, 1.165) is 0 Å². The molecular weight excluding hydrogens is 514 g/mol. The summed E-state index contributed by atoms with van der Waals surface area (Å²) in [4.78, 5) is 26.4. The van der Waals surface area contributed by atoms with Crippen LogP contribution in [0, 0.1) is 0 Å². The Bertz CT molecular complexity index is 1450. The summed E-state index contributed by atoms with van der Waals surface area (Å²) in [5, 5.41) is 18.9. The summed E-state index contributed by atoms with van der Waals surface area (Å²) in [5.74, 6) is -2.32. The van der Waals surface area contributed by atoms with E-state index in [4.69, 9.17) is 11.5 Å². The molecule has 6 N–H and O–H groups in total. The Balaban J connectivity index is 0.000000202. The minimum absolute atomic E-state index is 0.0504. The van der Waals surface area contributed by atoms with Crippen LogP contribution in [-0.4, -0.2) is 75.7 Å². The first-order valence-corrected chi connectivity index (χ1v) is 13.8. The monoisotopic (exact) mass is 539 g/mol. The number of guanidine groups is 1. The van der Waals surface area contributed by atoms with Gasteiger partial charge in [0.15, 0.2) is 25.6 Å². The first-order valence-electron chi connectivity index (χ1n) is 10.5. The van der Waals surface area contributed by atoms with E-state index < -0.39 is 43.8 Å². The second kappa shape index (κ2) is 10.3. The number of esters is 1. The second-order valence-corrected chi connectivity index (χ2v) is 12.3. The van der Waals surface area contributed by atoms with Crippen molar-refractivity contribution in [2.45, 2.75) is 34.8 Å². The first-order chi connectivity index (χ1) is 16.7. The van der Waals surface area contributed by atoms with Gasteiger partial charge in [0.25, 0.3) is 5.91 Å². The van der Waals surface area contributed by atoms with Gasteiger partial charge in [-0.05, 0) is 35.4 Å². The predicted molar refractivity (Wildman–Crippen MR) is 128 cm³/mol. The molecule has 12 nitrogen and oxygen atoms in total. The van der Waals surface area contributed by atoms with Crippen molar-refractivity contribution < 1.29 is 41.4 Å². The van der Waals surface area contributed by atoms with Crippen LogP contribution in [0.2, 0.25) is 0 Å². The molecule has 194 valence electrons. The maximum atomic E-state index is 11.9. The van der Waals surface area contributed by atoms with E-state index in [9.17, 15) is 36.6 Å². The third-order valence-corrected chi connectivity index (χ3v) is 9.19. The van der Waals surface area contributed by atoms with Gasteiger partial charge in [-0.3, -0.25) is 4.79 Å². The highest BCUT2D eigenvalue weighted by atomic mass is 32.2. The van der Waals surface area contributed by atoms with E-state index in [1.54, 1.807) is 6.07 Å². The number of amides is 1. The number of benzene rings is 2. The molecule has 2 aromatic carbocycles. The highest BCUT2D eigenvalue weighted by Gasteiger charge is 2.31. The maximum absolute atomic E-state index is 11.9. The zero-order valence-electron chi connectivity index (χ0n) is 19.1. The Hall–Kier alpha value is -3.33. The number of nitrogens with zero attached hydrogens (tertiary/aromatic N) is 1. The zero-order valence-corrected chi connectivity index (χ0v) is 20.8. The van der Waals surface area contributed by atoms with E-state index in [-0.39, 0.29) is 51.2 Å². The van der Waals surface area contributed by atoms with Gasteiger partial charge in [-0.15, -0.1) is 0 Å². The van der Waals surface area contributed by atoms with Crippen molar-refractivity contribution in [1.29, 1.82) is 0 Å². The number of methoxy groups -OCH3 is 1. The average Bonchev–Trinajstić information content (AvgIpc) is 2.77. The molecule has 2 aliphatic heterocycles. The molecule has 0 radical (unpaired) electrons. The molecule has 0 aliphatic carbocycles. The number of aliphatic hydroxyl groups is 2. The van der Waals surface area contributed by atoms with Gasteiger partial charge in [0.1, 0.15) is 0 Å². The topological polar surface area (TPSA) is 217 Å². The number of nitrogens with two attached hydrogens (primary N) is 2. The van der Waals surface area contributed by atoms with Crippen LogP contribution in [-0.2, 0) is 37.3 Å². The number of sulfone groups is 2. The van der Waals surface area contributed by atoms with Crippen molar-refractivity contribution in [1.82, 2.24) is 0 Å². The SMILES string of the molecule is COC(=O)c1ccc2c(c1)S(=O)(=O)CC(O)C2.NC(N)=NC(=O)c1ccc2c(c1)S(=O)(=O)CC(O)C2. The molecule has 0 saturated carbocycles. The fourth-order valence-corrected chi connectivity index (χ4v) is 7.22. The highest BCUT2D eigenvalue weighted by Crippen LogP contribution is 2.27. The Labute approximate surface area is 207 Å². The van der Waals surface area contributed by atoms with Crippen molar-refractivity contribution >= 4 is 37.5 Å². The summed E-state index contributed by atoms with van der Waals surface area (Å²) >= 11 is 0. The summed E-state index contributed by atoms with van der Waals surface area (Å²) in [6.07, 6.45) is -1.27. The van der Waals surface area contributed by atoms with Crippen LogP contribution >= 0.6 is 0 Å².